The fraction of sp³-hybridized carbons (Fsp3) is 0. The molecule has 0 aliphatic heterocycles. The molecule has 1 heterocycles. The van der Waals surface area contributed by atoms with Gasteiger partial charge in [0.2, 0.25) is 0 Å². The van der Waals surface area contributed by atoms with Crippen LogP contribution in [0.2, 0.25) is 0 Å². The van der Waals surface area contributed by atoms with Crippen LogP contribution >= 0.6 is 0 Å². The van der Waals surface area contributed by atoms with Gasteiger partial charge in [-0.2, -0.15) is 0 Å². The van der Waals surface area contributed by atoms with Crippen molar-refractivity contribution >= 4 is 26.7 Å². The summed E-state index contributed by atoms with van der Waals surface area (Å²) in [4.78, 5) is 7.33. The molecule has 0 aliphatic carbocycles. The van der Waals surface area contributed by atoms with Gasteiger partial charge < -0.3 is 4.98 Å². The van der Waals surface area contributed by atoms with E-state index in [1.807, 2.05) is 24.3 Å². The van der Waals surface area contributed by atoms with Crippen molar-refractivity contribution in [3.8, 4) is 0 Å². The number of nitrogens with one attached hydrogen (secondary N) is 1. The second kappa shape index (κ2) is 1.95. The SMILES string of the molecule is [SiH]c1nc2ccccc2[nH]1. The van der Waals surface area contributed by atoms with E-state index in [0.717, 1.165) is 16.5 Å². The van der Waals surface area contributed by atoms with Crippen LogP contribution in [-0.4, -0.2) is 20.2 Å². The number of hydrogen-bond donors (Lipinski definition) is 1. The Kier molecular flexibility index (Phi) is 1.11. The standard InChI is InChI=1S/C7H6N2Si/c10-7-8-5-3-1-2-4-6(5)9-7/h1-4,10H,(H,8,9). The highest BCUT2D eigenvalue weighted by atomic mass is 28.1. The molecular formula is C7H6N2Si. The van der Waals surface area contributed by atoms with Crippen LogP contribution in [0, 0.1) is 0 Å². The summed E-state index contributed by atoms with van der Waals surface area (Å²) in [6.45, 7) is 0. The second-order valence-corrected chi connectivity index (χ2v) is 2.69. The van der Waals surface area contributed by atoms with E-state index in [2.05, 4.69) is 20.2 Å². The van der Waals surface area contributed by atoms with Gasteiger partial charge in [0, 0.05) is 0 Å². The molecule has 1 aromatic heterocycles. The first kappa shape index (κ1) is 5.67. The molecule has 1 N–H and O–H groups in total. The number of benzene rings is 1. The summed E-state index contributed by atoms with van der Waals surface area (Å²) in [6, 6.07) is 7.97. The summed E-state index contributed by atoms with van der Waals surface area (Å²) in [5, 5.41) is 0. The summed E-state index contributed by atoms with van der Waals surface area (Å²) in [6.07, 6.45) is 0. The monoisotopic (exact) mass is 146 g/mol. The molecule has 2 rings (SSSR count). The zero-order valence-corrected chi connectivity index (χ0v) is 6.49. The molecule has 0 spiro atoms. The number of nitrogens with zero attached hydrogens (tertiary/aromatic N) is 1. The minimum absolute atomic E-state index is 0.890. The van der Waals surface area contributed by atoms with E-state index in [-0.39, 0.29) is 0 Å². The van der Waals surface area contributed by atoms with Gasteiger partial charge in [-0.1, -0.05) is 12.1 Å². The minimum Gasteiger partial charge on any atom is -0.347 e. The lowest BCUT2D eigenvalue weighted by Crippen LogP contribution is -2.04. The smallest absolute Gasteiger partial charge is 0.110 e. The van der Waals surface area contributed by atoms with Gasteiger partial charge in [-0.15, -0.1) is 0 Å². The third-order valence-corrected chi connectivity index (χ3v) is 1.68. The highest BCUT2D eigenvalue weighted by Crippen LogP contribution is 2.04. The van der Waals surface area contributed by atoms with E-state index in [1.54, 1.807) is 0 Å². The van der Waals surface area contributed by atoms with Crippen molar-refractivity contribution < 1.29 is 0 Å². The average Bonchev–Trinajstić information content (AvgIpc) is 2.27. The molecule has 1 aromatic carbocycles. The molecular weight excluding hydrogens is 140 g/mol. The van der Waals surface area contributed by atoms with Crippen LogP contribution < -0.4 is 5.45 Å². The van der Waals surface area contributed by atoms with Gasteiger partial charge in [-0.05, 0) is 12.1 Å². The topological polar surface area (TPSA) is 28.7 Å². The fourth-order valence-corrected chi connectivity index (χ4v) is 1.27. The highest BCUT2D eigenvalue weighted by Gasteiger charge is 1.93. The van der Waals surface area contributed by atoms with Crippen LogP contribution in [-0.2, 0) is 0 Å². The van der Waals surface area contributed by atoms with Crippen molar-refractivity contribution in [2.24, 2.45) is 0 Å². The van der Waals surface area contributed by atoms with Crippen LogP contribution in [0.1, 0.15) is 0 Å². The summed E-state index contributed by atoms with van der Waals surface area (Å²) in [5.41, 5.74) is 3.00. The first-order chi connectivity index (χ1) is 4.86. The maximum Gasteiger partial charge on any atom is 0.110 e. The summed E-state index contributed by atoms with van der Waals surface area (Å²) >= 11 is 0. The number of hydrogen-bond acceptors (Lipinski definition) is 1. The van der Waals surface area contributed by atoms with Crippen LogP contribution in [0.4, 0.5) is 0 Å². The largest absolute Gasteiger partial charge is 0.347 e. The predicted octanol–water partition coefficient (Wildman–Crippen LogP) is 0.0890. The molecule has 0 atom stereocenters. The van der Waals surface area contributed by atoms with Gasteiger partial charge in [0.05, 0.1) is 16.5 Å². The normalized spacial score (nSPS) is 10.5. The molecule has 2 nitrogen and oxygen atoms in total. The zero-order chi connectivity index (χ0) is 6.97. The number of H-pyrrole nitrogens is 1. The minimum atomic E-state index is 0.890. The Morgan fingerprint density at radius 3 is 2.90 bits per heavy atom. The third-order valence-electron chi connectivity index (χ3n) is 1.41. The van der Waals surface area contributed by atoms with Crippen molar-refractivity contribution in [1.82, 2.24) is 9.97 Å². The van der Waals surface area contributed by atoms with Crippen LogP contribution in [0.25, 0.3) is 11.0 Å². The lowest BCUT2D eigenvalue weighted by Gasteiger charge is -1.81. The lowest BCUT2D eigenvalue weighted by molar-refractivity contribution is 1.44. The first-order valence-corrected chi connectivity index (χ1v) is 3.64. The van der Waals surface area contributed by atoms with Gasteiger partial charge in [0.1, 0.15) is 10.2 Å². The molecule has 2 aromatic rings. The highest BCUT2D eigenvalue weighted by molar-refractivity contribution is 6.30. The second-order valence-electron chi connectivity index (χ2n) is 2.14. The molecule has 0 aliphatic rings. The van der Waals surface area contributed by atoms with Gasteiger partial charge in [-0.25, -0.2) is 4.98 Å². The van der Waals surface area contributed by atoms with Crippen molar-refractivity contribution in [2.45, 2.75) is 0 Å². The van der Waals surface area contributed by atoms with Gasteiger partial charge in [0.15, 0.2) is 0 Å². The summed E-state index contributed by atoms with van der Waals surface area (Å²) < 4.78 is 0. The number of imidazole rings is 1. The number of rotatable bonds is 0. The molecule has 3 heteroatoms. The molecule has 0 bridgehead atoms. The Hall–Kier alpha value is -1.09. The Balaban J connectivity index is 2.88. The Morgan fingerprint density at radius 2 is 2.10 bits per heavy atom. The van der Waals surface area contributed by atoms with E-state index in [4.69, 9.17) is 0 Å². The Morgan fingerprint density at radius 1 is 1.30 bits per heavy atom. The lowest BCUT2D eigenvalue weighted by atomic mass is 10.3. The molecule has 0 amide bonds. The maximum absolute atomic E-state index is 4.22. The number of aromatic nitrogens is 2. The van der Waals surface area contributed by atoms with Crippen LogP contribution in [0.15, 0.2) is 24.3 Å². The van der Waals surface area contributed by atoms with Crippen LogP contribution in [0.3, 0.4) is 0 Å². The molecule has 0 saturated heterocycles. The van der Waals surface area contributed by atoms with Crippen molar-refractivity contribution in [2.75, 3.05) is 0 Å². The first-order valence-electron chi connectivity index (χ1n) is 3.06. The van der Waals surface area contributed by atoms with Crippen molar-refractivity contribution in [3.05, 3.63) is 24.3 Å². The van der Waals surface area contributed by atoms with E-state index < -0.39 is 0 Å². The van der Waals surface area contributed by atoms with Gasteiger partial charge in [0.25, 0.3) is 0 Å². The molecule has 0 saturated carbocycles. The third kappa shape index (κ3) is 0.752. The Labute approximate surface area is 61.7 Å². The van der Waals surface area contributed by atoms with E-state index in [0.29, 0.717) is 0 Å². The van der Waals surface area contributed by atoms with E-state index in [1.165, 1.54) is 0 Å². The number of para-hydroxylation sites is 2. The molecule has 0 fully saturated rings. The predicted molar refractivity (Wildman–Crippen MR) is 42.9 cm³/mol. The zero-order valence-electron chi connectivity index (χ0n) is 5.33. The quantitative estimate of drug-likeness (QED) is 0.524. The number of aromatic amines is 1. The van der Waals surface area contributed by atoms with Crippen molar-refractivity contribution in [1.29, 1.82) is 0 Å². The molecule has 48 valence electrons. The van der Waals surface area contributed by atoms with Crippen molar-refractivity contribution in [3.63, 3.8) is 0 Å². The molecule has 10 heavy (non-hydrogen) atoms. The van der Waals surface area contributed by atoms with Gasteiger partial charge >= 0.3 is 0 Å². The average molecular weight is 146 g/mol. The Bertz CT molecular complexity index is 320. The van der Waals surface area contributed by atoms with Gasteiger partial charge in [-0.3, -0.25) is 0 Å². The molecule has 2 radical (unpaired) electrons. The summed E-state index contributed by atoms with van der Waals surface area (Å²) in [5.74, 6) is 0. The fourth-order valence-electron chi connectivity index (χ4n) is 0.973. The summed E-state index contributed by atoms with van der Waals surface area (Å²) in [7, 11) is 2.54. The van der Waals surface area contributed by atoms with E-state index in [9.17, 15) is 0 Å². The molecule has 0 unspecified atom stereocenters. The number of fused-ring (bicyclic) bond motifs is 1. The van der Waals surface area contributed by atoms with Crippen LogP contribution in [0.5, 0.6) is 0 Å². The maximum atomic E-state index is 4.22. The van der Waals surface area contributed by atoms with E-state index >= 15 is 0 Å².